The lowest BCUT2D eigenvalue weighted by Gasteiger charge is -1.95. The fraction of sp³-hybridized carbons (Fsp3) is 0.118. The standard InChI is InChI=1S/3C17H12ClN3O/c18-15-10-3-2-9-14(15)17-20-16(22-21-17)11-4-1-7-13-8-5-6-12-19-13;18-14-7-5-6-13(12-14)17-20-16(22-21-17)10-2-1-8-15-9-3-4-11-19-15;18-14-10-8-13(9-11-14)17-20-16(22-21-17)7-2-1-5-15-6-3-4-12-19-15/h2-3,5-6,8-10,12H,4,11H2;3-7,9,11-12H,2,10H2;3-4,6,8-12H,2,7H2. The maximum Gasteiger partial charge on any atom is 0.227 e. The van der Waals surface area contributed by atoms with Gasteiger partial charge in [0.15, 0.2) is 0 Å². The van der Waals surface area contributed by atoms with E-state index < -0.39 is 0 Å². The molecule has 0 fully saturated rings. The molecule has 0 radical (unpaired) electrons. The summed E-state index contributed by atoms with van der Waals surface area (Å²) in [6.07, 6.45) is 8.87. The number of nitrogens with zero attached hydrogens (tertiary/aromatic N) is 9. The maximum atomic E-state index is 6.11. The Kier molecular flexibility index (Phi) is 17.3. The van der Waals surface area contributed by atoms with E-state index in [4.69, 9.17) is 48.4 Å². The molecular weight excluding hydrogens is 893 g/mol. The molecule has 0 saturated carbocycles. The van der Waals surface area contributed by atoms with Crippen LogP contribution in [0.15, 0.2) is 160 Å². The summed E-state index contributed by atoms with van der Waals surface area (Å²) in [5.74, 6) is 21.4. The maximum absolute atomic E-state index is 6.11. The van der Waals surface area contributed by atoms with E-state index in [0.717, 1.165) is 33.8 Å². The number of hydrogen-bond acceptors (Lipinski definition) is 12. The predicted molar refractivity (Wildman–Crippen MR) is 253 cm³/mol. The van der Waals surface area contributed by atoms with Crippen molar-refractivity contribution in [3.8, 4) is 69.7 Å². The van der Waals surface area contributed by atoms with Crippen LogP contribution in [0.25, 0.3) is 34.2 Å². The highest BCUT2D eigenvalue weighted by Crippen LogP contribution is 2.25. The van der Waals surface area contributed by atoms with Gasteiger partial charge in [-0.15, -0.1) is 0 Å². The van der Waals surface area contributed by atoms with Crippen LogP contribution in [-0.4, -0.2) is 45.4 Å². The Hall–Kier alpha value is -7.92. The minimum atomic E-state index is 0.498. The van der Waals surface area contributed by atoms with Gasteiger partial charge in [0.05, 0.1) is 5.02 Å². The molecule has 6 heterocycles. The number of halogens is 3. The van der Waals surface area contributed by atoms with Crippen molar-refractivity contribution in [2.75, 3.05) is 0 Å². The summed E-state index contributed by atoms with van der Waals surface area (Å²) in [4.78, 5) is 25.5. The Labute approximate surface area is 395 Å². The van der Waals surface area contributed by atoms with Gasteiger partial charge in [0.2, 0.25) is 35.1 Å². The molecule has 9 aromatic rings. The number of pyridine rings is 3. The fourth-order valence-corrected chi connectivity index (χ4v) is 6.10. The van der Waals surface area contributed by atoms with Crippen LogP contribution in [0.5, 0.6) is 0 Å². The van der Waals surface area contributed by atoms with Crippen LogP contribution in [0.2, 0.25) is 15.1 Å². The molecule has 6 aromatic heterocycles. The number of aryl methyl sites for hydroxylation is 3. The second-order valence-electron chi connectivity index (χ2n) is 13.6. The molecule has 66 heavy (non-hydrogen) atoms. The van der Waals surface area contributed by atoms with Gasteiger partial charge < -0.3 is 13.6 Å². The van der Waals surface area contributed by atoms with Crippen LogP contribution < -0.4 is 0 Å². The summed E-state index contributed by atoms with van der Waals surface area (Å²) in [6, 6.07) is 39.0. The first-order valence-electron chi connectivity index (χ1n) is 20.4. The number of aromatic nitrogens is 9. The van der Waals surface area contributed by atoms with E-state index in [1.54, 1.807) is 48.9 Å². The Bertz CT molecular complexity index is 3110. The van der Waals surface area contributed by atoms with Crippen LogP contribution in [0.4, 0.5) is 0 Å². The third kappa shape index (κ3) is 14.8. The van der Waals surface area contributed by atoms with Crippen LogP contribution in [-0.2, 0) is 19.3 Å². The Morgan fingerprint density at radius 1 is 0.409 bits per heavy atom. The summed E-state index contributed by atoms with van der Waals surface area (Å²) in [5, 5.41) is 13.8. The highest BCUT2D eigenvalue weighted by Gasteiger charge is 2.12. The molecule has 0 N–H and O–H groups in total. The highest BCUT2D eigenvalue weighted by molar-refractivity contribution is 6.33. The van der Waals surface area contributed by atoms with Gasteiger partial charge in [0.1, 0.15) is 17.1 Å². The molecule has 0 aliphatic carbocycles. The van der Waals surface area contributed by atoms with E-state index in [1.165, 1.54) is 0 Å². The molecule has 0 aliphatic rings. The van der Waals surface area contributed by atoms with E-state index in [1.807, 2.05) is 97.1 Å². The van der Waals surface area contributed by atoms with Crippen LogP contribution in [0, 0.1) is 35.5 Å². The molecule has 0 bridgehead atoms. The minimum Gasteiger partial charge on any atom is -0.339 e. The molecule has 0 saturated heterocycles. The fourth-order valence-electron chi connectivity index (χ4n) is 5.56. The van der Waals surface area contributed by atoms with Crippen molar-refractivity contribution in [2.24, 2.45) is 0 Å². The Balaban J connectivity index is 0.000000147. The van der Waals surface area contributed by atoms with E-state index >= 15 is 0 Å². The van der Waals surface area contributed by atoms with Gasteiger partial charge in [0, 0.05) is 83.9 Å². The summed E-state index contributed by atoms with van der Waals surface area (Å²) in [5.41, 5.74) is 4.74. The van der Waals surface area contributed by atoms with E-state index in [0.29, 0.717) is 88.7 Å². The largest absolute Gasteiger partial charge is 0.339 e. The van der Waals surface area contributed by atoms with Crippen molar-refractivity contribution in [1.82, 2.24) is 45.4 Å². The van der Waals surface area contributed by atoms with E-state index in [9.17, 15) is 0 Å². The van der Waals surface area contributed by atoms with Gasteiger partial charge >= 0.3 is 0 Å². The third-order valence-electron chi connectivity index (χ3n) is 8.74. The smallest absolute Gasteiger partial charge is 0.227 e. The Morgan fingerprint density at radius 3 is 1.33 bits per heavy atom. The lowest BCUT2D eigenvalue weighted by Crippen LogP contribution is -1.86. The zero-order chi connectivity index (χ0) is 45.6. The van der Waals surface area contributed by atoms with Crippen LogP contribution in [0.1, 0.15) is 54.0 Å². The molecule has 9 rings (SSSR count). The molecule has 324 valence electrons. The number of benzene rings is 3. The van der Waals surface area contributed by atoms with Gasteiger partial charge in [-0.2, -0.15) is 15.0 Å². The zero-order valence-corrected chi connectivity index (χ0v) is 37.3. The molecule has 3 aromatic carbocycles. The van der Waals surface area contributed by atoms with E-state index in [2.05, 4.69) is 80.9 Å². The van der Waals surface area contributed by atoms with Gasteiger partial charge in [-0.3, -0.25) is 0 Å². The quantitative estimate of drug-likeness (QED) is 0.126. The van der Waals surface area contributed by atoms with Crippen molar-refractivity contribution in [2.45, 2.75) is 38.5 Å². The second kappa shape index (κ2) is 24.8. The van der Waals surface area contributed by atoms with Crippen molar-refractivity contribution in [1.29, 1.82) is 0 Å². The minimum absolute atomic E-state index is 0.498. The van der Waals surface area contributed by atoms with E-state index in [-0.39, 0.29) is 0 Å². The molecule has 0 unspecified atom stereocenters. The topological polar surface area (TPSA) is 155 Å². The second-order valence-corrected chi connectivity index (χ2v) is 14.9. The van der Waals surface area contributed by atoms with Crippen molar-refractivity contribution in [3.05, 3.63) is 196 Å². The lowest BCUT2D eigenvalue weighted by atomic mass is 10.2. The first-order valence-corrected chi connectivity index (χ1v) is 21.5. The van der Waals surface area contributed by atoms with Crippen LogP contribution in [0.3, 0.4) is 0 Å². The normalized spacial score (nSPS) is 10.0. The first-order chi connectivity index (χ1) is 32.4. The summed E-state index contributed by atoms with van der Waals surface area (Å²) >= 11 is 17.9. The van der Waals surface area contributed by atoms with Gasteiger partial charge in [0.25, 0.3) is 0 Å². The summed E-state index contributed by atoms with van der Waals surface area (Å²) in [6.45, 7) is 0. The number of rotatable bonds is 9. The molecule has 0 amide bonds. The molecule has 0 spiro atoms. The molecule has 12 nitrogen and oxygen atoms in total. The number of hydrogen-bond donors (Lipinski definition) is 0. The summed E-state index contributed by atoms with van der Waals surface area (Å²) < 4.78 is 15.7. The average molecular weight is 929 g/mol. The van der Waals surface area contributed by atoms with Gasteiger partial charge in [-0.05, 0) is 103 Å². The van der Waals surface area contributed by atoms with Crippen molar-refractivity contribution >= 4 is 34.8 Å². The Morgan fingerprint density at radius 2 is 0.864 bits per heavy atom. The predicted octanol–water partition coefficient (Wildman–Crippen LogP) is 11.3. The molecular formula is C51H36Cl3N9O3. The lowest BCUT2D eigenvalue weighted by molar-refractivity contribution is 0.380. The summed E-state index contributed by atoms with van der Waals surface area (Å²) in [7, 11) is 0. The molecule has 0 atom stereocenters. The molecule has 15 heteroatoms. The SMILES string of the molecule is Clc1ccc(-c2noc(CCC#Cc3ccccn3)n2)cc1.Clc1cccc(-c2noc(CCC#Cc3ccccn3)n2)c1.Clc1ccccc1-c1noc(CCC#Cc2ccccn2)n1. The monoisotopic (exact) mass is 927 g/mol. The van der Waals surface area contributed by atoms with Crippen molar-refractivity contribution in [3.63, 3.8) is 0 Å². The zero-order valence-electron chi connectivity index (χ0n) is 35.0. The van der Waals surface area contributed by atoms with Crippen LogP contribution >= 0.6 is 34.8 Å². The van der Waals surface area contributed by atoms with Gasteiger partial charge in [-0.1, -0.05) is 110 Å². The van der Waals surface area contributed by atoms with Gasteiger partial charge in [-0.25, -0.2) is 15.0 Å². The average Bonchev–Trinajstić information content (AvgIpc) is 4.15. The highest BCUT2D eigenvalue weighted by atomic mass is 35.5. The first kappa shape index (κ1) is 46.1. The third-order valence-corrected chi connectivity index (χ3v) is 9.56. The van der Waals surface area contributed by atoms with Crippen molar-refractivity contribution < 1.29 is 13.6 Å². The molecule has 0 aliphatic heterocycles.